The molecule has 0 radical (unpaired) electrons. The number of carboxylic acids is 2. The zero-order valence-corrected chi connectivity index (χ0v) is 9.29. The smallest absolute Gasteiger partial charge is 0.320 e. The Labute approximate surface area is 90.6 Å². The molecule has 6 heteroatoms. The zero-order chi connectivity index (χ0) is 11.0. The van der Waals surface area contributed by atoms with E-state index in [0.29, 0.717) is 6.54 Å². The second-order valence-corrected chi connectivity index (χ2v) is 3.61. The summed E-state index contributed by atoms with van der Waals surface area (Å²) < 4.78 is 0. The molecule has 0 unspecified atom stereocenters. The summed E-state index contributed by atoms with van der Waals surface area (Å²) in [7, 11) is 0. The van der Waals surface area contributed by atoms with Gasteiger partial charge in [-0.15, -0.1) is 0 Å². The Hall–Kier alpha value is -0.620. The number of rotatable bonds is 8. The van der Waals surface area contributed by atoms with Crippen LogP contribution in [0.2, 0.25) is 0 Å². The second kappa shape index (κ2) is 7.75. The minimum absolute atomic E-state index is 0.118. The van der Waals surface area contributed by atoms with E-state index in [4.69, 9.17) is 10.2 Å². The molecule has 0 aromatic carbocycles. The molecule has 0 heterocycles. The van der Waals surface area contributed by atoms with Gasteiger partial charge in [0.2, 0.25) is 0 Å². The third kappa shape index (κ3) is 6.85. The number of halogens is 1. The topological polar surface area (TPSA) is 86.6 Å². The van der Waals surface area contributed by atoms with E-state index >= 15 is 0 Å². The predicted octanol–water partition coefficient (Wildman–Crippen LogP) is 0.679. The highest BCUT2D eigenvalue weighted by molar-refractivity contribution is 9.09. The maximum atomic E-state index is 10.6. The molecule has 14 heavy (non-hydrogen) atoms. The Morgan fingerprint density at radius 1 is 1.36 bits per heavy atom. The lowest BCUT2D eigenvalue weighted by Gasteiger charge is -2.12. The fraction of sp³-hybridized carbons (Fsp3) is 0.750. The van der Waals surface area contributed by atoms with E-state index < -0.39 is 18.0 Å². The van der Waals surface area contributed by atoms with Crippen LogP contribution < -0.4 is 5.32 Å². The van der Waals surface area contributed by atoms with Gasteiger partial charge in [-0.1, -0.05) is 15.9 Å². The molecule has 0 aromatic rings. The van der Waals surface area contributed by atoms with Crippen LogP contribution in [0.3, 0.4) is 0 Å². The first kappa shape index (κ1) is 13.4. The van der Waals surface area contributed by atoms with Crippen LogP contribution >= 0.6 is 15.9 Å². The molecule has 0 saturated carbocycles. The van der Waals surface area contributed by atoms with Gasteiger partial charge in [-0.05, 0) is 19.4 Å². The zero-order valence-electron chi connectivity index (χ0n) is 7.70. The molecule has 5 nitrogen and oxygen atoms in total. The number of hydrogen-bond donors (Lipinski definition) is 3. The predicted molar refractivity (Wildman–Crippen MR) is 54.7 cm³/mol. The number of carboxylic acid groups (broad SMARTS) is 2. The molecule has 0 spiro atoms. The monoisotopic (exact) mass is 267 g/mol. The van der Waals surface area contributed by atoms with Gasteiger partial charge in [0.25, 0.3) is 0 Å². The van der Waals surface area contributed by atoms with Gasteiger partial charge < -0.3 is 15.5 Å². The molecule has 0 aliphatic rings. The lowest BCUT2D eigenvalue weighted by atomic mass is 10.1. The van der Waals surface area contributed by atoms with Crippen LogP contribution in [-0.2, 0) is 9.59 Å². The molecule has 0 fully saturated rings. The molecule has 3 N–H and O–H groups in total. The number of nitrogens with one attached hydrogen (secondary N) is 1. The minimum atomic E-state index is -0.999. The van der Waals surface area contributed by atoms with Gasteiger partial charge in [0, 0.05) is 11.8 Å². The molecule has 0 amide bonds. The first-order valence-corrected chi connectivity index (χ1v) is 5.44. The van der Waals surface area contributed by atoms with Crippen molar-refractivity contribution < 1.29 is 19.8 Å². The van der Waals surface area contributed by atoms with E-state index in [9.17, 15) is 9.59 Å². The van der Waals surface area contributed by atoms with Gasteiger partial charge in [0.1, 0.15) is 6.04 Å². The van der Waals surface area contributed by atoms with E-state index in [1.165, 1.54) is 0 Å². The van der Waals surface area contributed by atoms with Crippen LogP contribution in [0.15, 0.2) is 0 Å². The summed E-state index contributed by atoms with van der Waals surface area (Å²) in [5, 5.41) is 20.7. The molecule has 0 bridgehead atoms. The Morgan fingerprint density at radius 2 is 2.00 bits per heavy atom. The summed E-state index contributed by atoms with van der Waals surface area (Å²) >= 11 is 3.22. The highest BCUT2D eigenvalue weighted by atomic mass is 79.9. The Kier molecular flexibility index (Phi) is 7.41. The van der Waals surface area contributed by atoms with E-state index in [1.54, 1.807) is 0 Å². The Bertz CT molecular complexity index is 198. The normalized spacial score (nSPS) is 12.4. The average Bonchev–Trinajstić information content (AvgIpc) is 2.10. The quantitative estimate of drug-likeness (QED) is 0.445. The van der Waals surface area contributed by atoms with E-state index in [0.717, 1.165) is 11.8 Å². The van der Waals surface area contributed by atoms with Crippen molar-refractivity contribution in [1.29, 1.82) is 0 Å². The van der Waals surface area contributed by atoms with Crippen LogP contribution in [0.1, 0.15) is 19.3 Å². The molecule has 0 aliphatic heterocycles. The second-order valence-electron chi connectivity index (χ2n) is 2.82. The van der Waals surface area contributed by atoms with Gasteiger partial charge in [-0.2, -0.15) is 0 Å². The average molecular weight is 268 g/mol. The summed E-state index contributed by atoms with van der Waals surface area (Å²) in [5.41, 5.74) is 0. The van der Waals surface area contributed by atoms with Gasteiger partial charge in [-0.25, -0.2) is 0 Å². The first-order chi connectivity index (χ1) is 6.57. The Balaban J connectivity index is 3.78. The minimum Gasteiger partial charge on any atom is -0.481 e. The van der Waals surface area contributed by atoms with Crippen molar-refractivity contribution in [3.63, 3.8) is 0 Å². The molecular weight excluding hydrogens is 254 g/mol. The van der Waals surface area contributed by atoms with Gasteiger partial charge in [0.15, 0.2) is 0 Å². The summed E-state index contributed by atoms with van der Waals surface area (Å²) in [6, 6.07) is -0.759. The number of hydrogen-bond acceptors (Lipinski definition) is 3. The van der Waals surface area contributed by atoms with Crippen LogP contribution in [0.4, 0.5) is 0 Å². The summed E-state index contributed by atoms with van der Waals surface area (Å²) in [5.74, 6) is -1.97. The fourth-order valence-corrected chi connectivity index (χ4v) is 1.20. The lowest BCUT2D eigenvalue weighted by molar-refractivity contribution is -0.140. The molecule has 0 saturated heterocycles. The molecule has 1 atom stereocenters. The molecule has 0 rings (SSSR count). The number of alkyl halides is 1. The maximum absolute atomic E-state index is 10.6. The van der Waals surface area contributed by atoms with E-state index in [1.807, 2.05) is 0 Å². The lowest BCUT2D eigenvalue weighted by Crippen LogP contribution is -2.37. The molecule has 0 aromatic heterocycles. The van der Waals surface area contributed by atoms with Crippen molar-refractivity contribution in [2.24, 2.45) is 0 Å². The highest BCUT2D eigenvalue weighted by Gasteiger charge is 2.17. The van der Waals surface area contributed by atoms with Gasteiger partial charge >= 0.3 is 11.9 Å². The van der Waals surface area contributed by atoms with Crippen molar-refractivity contribution >= 4 is 27.9 Å². The van der Waals surface area contributed by atoms with Crippen molar-refractivity contribution in [3.05, 3.63) is 0 Å². The van der Waals surface area contributed by atoms with Crippen molar-refractivity contribution in [2.75, 3.05) is 11.9 Å². The van der Waals surface area contributed by atoms with Crippen LogP contribution in [-0.4, -0.2) is 40.1 Å². The maximum Gasteiger partial charge on any atom is 0.320 e. The Morgan fingerprint density at radius 3 is 2.43 bits per heavy atom. The van der Waals surface area contributed by atoms with Crippen molar-refractivity contribution in [3.8, 4) is 0 Å². The third-order valence-electron chi connectivity index (χ3n) is 1.65. The number of carbonyl (C=O) groups is 2. The largest absolute Gasteiger partial charge is 0.481 e. The SMILES string of the molecule is O=C(O)CC[C@H](NCCCBr)C(=O)O. The summed E-state index contributed by atoms with van der Waals surface area (Å²) in [4.78, 5) is 20.9. The van der Waals surface area contributed by atoms with Crippen LogP contribution in [0, 0.1) is 0 Å². The summed E-state index contributed by atoms with van der Waals surface area (Å²) in [6.45, 7) is 0.571. The molecular formula is C8H14BrNO4. The number of aliphatic carboxylic acids is 2. The van der Waals surface area contributed by atoms with Crippen LogP contribution in [0.25, 0.3) is 0 Å². The first-order valence-electron chi connectivity index (χ1n) is 4.32. The van der Waals surface area contributed by atoms with Crippen molar-refractivity contribution in [2.45, 2.75) is 25.3 Å². The molecule has 0 aliphatic carbocycles. The fourth-order valence-electron chi connectivity index (χ4n) is 0.924. The standard InChI is InChI=1S/C8H14BrNO4/c9-4-1-5-10-6(8(13)14)2-3-7(11)12/h6,10H,1-5H2,(H,11,12)(H,13,14)/t6-/m0/s1. The van der Waals surface area contributed by atoms with Crippen LogP contribution in [0.5, 0.6) is 0 Å². The van der Waals surface area contributed by atoms with Gasteiger partial charge in [0.05, 0.1) is 0 Å². The highest BCUT2D eigenvalue weighted by Crippen LogP contribution is 1.98. The van der Waals surface area contributed by atoms with Crippen molar-refractivity contribution in [1.82, 2.24) is 5.32 Å². The summed E-state index contributed by atoms with van der Waals surface area (Å²) in [6.07, 6.45) is 0.808. The third-order valence-corrected chi connectivity index (χ3v) is 2.21. The van der Waals surface area contributed by atoms with E-state index in [2.05, 4.69) is 21.2 Å². The van der Waals surface area contributed by atoms with Gasteiger partial charge in [-0.3, -0.25) is 9.59 Å². The molecule has 82 valence electrons. The van der Waals surface area contributed by atoms with E-state index in [-0.39, 0.29) is 12.8 Å².